The summed E-state index contributed by atoms with van der Waals surface area (Å²) in [4.78, 5) is 86.0. The quantitative estimate of drug-likeness (QED) is 0.196. The number of hydrogen-bond donors (Lipinski definition) is 4. The summed E-state index contributed by atoms with van der Waals surface area (Å²) in [5.74, 6) is -1.06. The van der Waals surface area contributed by atoms with Crippen molar-refractivity contribution in [3.8, 4) is 11.1 Å². The van der Waals surface area contributed by atoms with Crippen molar-refractivity contribution in [2.45, 2.75) is 131 Å². The predicted molar refractivity (Wildman–Crippen MR) is 243 cm³/mol. The van der Waals surface area contributed by atoms with Crippen LogP contribution < -0.4 is 21.3 Å². The molecule has 5 heterocycles. The Balaban J connectivity index is 0.710. The van der Waals surface area contributed by atoms with Crippen molar-refractivity contribution in [1.82, 2.24) is 25.8 Å². The van der Waals surface area contributed by atoms with Crippen LogP contribution in [0.25, 0.3) is 16.7 Å². The lowest BCUT2D eigenvalue weighted by Crippen LogP contribution is -2.64. The van der Waals surface area contributed by atoms with Gasteiger partial charge in [0.25, 0.3) is 5.91 Å². The van der Waals surface area contributed by atoms with Gasteiger partial charge < -0.3 is 20.4 Å². The number of imide groups is 1. The normalized spacial score (nSPS) is 32.4. The molecule has 14 heteroatoms. The molecule has 4 atom stereocenters. The molecule has 0 aromatic heterocycles. The average molecular weight is 914 g/mol. The van der Waals surface area contributed by atoms with E-state index >= 15 is 4.79 Å². The molecule has 6 amide bonds. The van der Waals surface area contributed by atoms with Crippen LogP contribution in [-0.4, -0.2) is 81.5 Å². The fourth-order valence-corrected chi connectivity index (χ4v) is 15.2. The second kappa shape index (κ2) is 13.8. The Kier molecular flexibility index (Phi) is 8.52. The molecule has 4 bridgehead atoms. The molecule has 14 rings (SSSR count). The maximum Gasteiger partial charge on any atom is 0.255 e. The number of carbonyl (C=O) groups excluding carboxylic acids is 6. The van der Waals surface area contributed by atoms with Gasteiger partial charge in [-0.25, -0.2) is 0 Å². The predicted octanol–water partition coefficient (Wildman–Crippen LogP) is 6.91. The molecular formula is C51H50Cl2N6O6. The zero-order valence-electron chi connectivity index (χ0n) is 36.0. The van der Waals surface area contributed by atoms with Crippen molar-refractivity contribution >= 4 is 69.9 Å². The number of halogens is 2. The van der Waals surface area contributed by atoms with Crippen molar-refractivity contribution in [1.29, 1.82) is 0 Å². The van der Waals surface area contributed by atoms with Gasteiger partial charge in [-0.1, -0.05) is 72.3 Å². The van der Waals surface area contributed by atoms with E-state index in [-0.39, 0.29) is 41.9 Å². The number of hydrogen-bond acceptors (Lipinski definition) is 7. The minimum atomic E-state index is -1.02. The monoisotopic (exact) mass is 912 g/mol. The van der Waals surface area contributed by atoms with E-state index in [0.29, 0.717) is 47.4 Å². The maximum absolute atomic E-state index is 15.2. The van der Waals surface area contributed by atoms with Gasteiger partial charge in [-0.15, -0.1) is 0 Å². The van der Waals surface area contributed by atoms with E-state index < -0.39 is 45.8 Å². The zero-order valence-corrected chi connectivity index (χ0v) is 37.6. The molecular weight excluding hydrogens is 864 g/mol. The first-order chi connectivity index (χ1) is 31.4. The molecule has 6 aliphatic carbocycles. The molecule has 334 valence electrons. The van der Waals surface area contributed by atoms with Crippen molar-refractivity contribution < 1.29 is 28.8 Å². The molecule has 12 nitrogen and oxygen atoms in total. The second-order valence-corrected chi connectivity index (χ2v) is 21.8. The van der Waals surface area contributed by atoms with Crippen LogP contribution in [0.2, 0.25) is 10.0 Å². The summed E-state index contributed by atoms with van der Waals surface area (Å²) in [6, 6.07) is 14.2. The lowest BCUT2D eigenvalue weighted by atomic mass is 9.55. The first-order valence-corrected chi connectivity index (χ1v) is 24.4. The molecule has 3 saturated heterocycles. The van der Waals surface area contributed by atoms with Crippen molar-refractivity contribution in [3.63, 3.8) is 0 Å². The third-order valence-corrected chi connectivity index (χ3v) is 18.7. The minimum Gasteiger partial charge on any atom is -0.349 e. The van der Waals surface area contributed by atoms with E-state index in [1.807, 2.05) is 41.3 Å². The van der Waals surface area contributed by atoms with E-state index in [2.05, 4.69) is 33.4 Å². The van der Waals surface area contributed by atoms with Gasteiger partial charge in [0.05, 0.1) is 11.1 Å². The van der Waals surface area contributed by atoms with E-state index in [0.717, 1.165) is 110 Å². The SMILES string of the molecule is O=C1CCC(N2Cc3c(cccc3C3=C(C4CN(C(=O)C56CCC(NC(=O)[C@@H]7NC8(CCCCC8)[C@]89C(=O)Nc%10cc(Cl)c(cc%108)-c8c(Cl)cccc8[C@@H]79)(CC5)CC6)C4)C3)C2=O)C(=O)N1. The largest absolute Gasteiger partial charge is 0.349 e. The van der Waals surface area contributed by atoms with Crippen LogP contribution in [0.3, 0.4) is 0 Å². The van der Waals surface area contributed by atoms with E-state index in [1.54, 1.807) is 4.90 Å². The Morgan fingerprint density at radius 3 is 2.29 bits per heavy atom. The van der Waals surface area contributed by atoms with Crippen molar-refractivity contribution in [2.75, 3.05) is 18.4 Å². The van der Waals surface area contributed by atoms with Gasteiger partial charge in [0.1, 0.15) is 11.5 Å². The lowest BCUT2D eigenvalue weighted by Gasteiger charge is -2.55. The summed E-state index contributed by atoms with van der Waals surface area (Å²) in [5.41, 5.74) is 6.75. The summed E-state index contributed by atoms with van der Waals surface area (Å²) >= 11 is 14.0. The second-order valence-electron chi connectivity index (χ2n) is 21.0. The molecule has 5 aliphatic heterocycles. The molecule has 4 saturated carbocycles. The van der Waals surface area contributed by atoms with Gasteiger partial charge in [0.2, 0.25) is 29.5 Å². The highest BCUT2D eigenvalue weighted by atomic mass is 35.5. The molecule has 65 heavy (non-hydrogen) atoms. The van der Waals surface area contributed by atoms with Gasteiger partial charge in [-0.2, -0.15) is 0 Å². The third-order valence-electron chi connectivity index (χ3n) is 18.1. The Bertz CT molecular complexity index is 2770. The Morgan fingerprint density at radius 1 is 0.800 bits per heavy atom. The molecule has 3 aromatic rings. The lowest BCUT2D eigenvalue weighted by molar-refractivity contribution is -0.156. The zero-order chi connectivity index (χ0) is 44.4. The summed E-state index contributed by atoms with van der Waals surface area (Å²) in [6.07, 6.45) is 10.3. The Morgan fingerprint density at radius 2 is 1.54 bits per heavy atom. The molecule has 4 N–H and O–H groups in total. The van der Waals surface area contributed by atoms with Crippen molar-refractivity contribution in [2.24, 2.45) is 11.3 Å². The highest BCUT2D eigenvalue weighted by Gasteiger charge is 2.73. The molecule has 7 fully saturated rings. The molecule has 3 aromatic carbocycles. The number of allylic oxidation sites excluding steroid dienone is 1. The number of likely N-dealkylation sites (tertiary alicyclic amines) is 1. The highest BCUT2D eigenvalue weighted by Crippen LogP contribution is 2.66. The van der Waals surface area contributed by atoms with Crippen LogP contribution in [-0.2, 0) is 35.9 Å². The summed E-state index contributed by atoms with van der Waals surface area (Å²) < 4.78 is 0. The molecule has 2 spiro atoms. The van der Waals surface area contributed by atoms with Crippen molar-refractivity contribution in [3.05, 3.63) is 92.0 Å². The van der Waals surface area contributed by atoms with Crippen LogP contribution in [0, 0.1) is 11.3 Å². The molecule has 0 radical (unpaired) electrons. The number of amides is 6. The van der Waals surface area contributed by atoms with Gasteiger partial charge in [0.15, 0.2) is 0 Å². The van der Waals surface area contributed by atoms with Gasteiger partial charge in [-0.05, 0) is 116 Å². The number of piperidine rings is 1. The number of nitrogens with one attached hydrogen (secondary N) is 4. The topological polar surface area (TPSA) is 157 Å². The number of anilines is 1. The number of benzene rings is 3. The first-order valence-electron chi connectivity index (χ1n) is 23.7. The van der Waals surface area contributed by atoms with Gasteiger partial charge >= 0.3 is 0 Å². The van der Waals surface area contributed by atoms with E-state index in [9.17, 15) is 24.0 Å². The smallest absolute Gasteiger partial charge is 0.255 e. The van der Waals surface area contributed by atoms with E-state index in [4.69, 9.17) is 23.2 Å². The standard InChI is InChI=1S/C51H50Cl2N6O6/c52-35-9-5-8-29-40(35)32-21-34-37(22-36(32)53)54-46(64)51(34)41(29)42(56-50(51)12-2-1-3-13-50)44(62)57-49-17-14-48(15-18-49,16-19-49)47(65)58-23-26(24-58)30-20-31(30)27-6-4-7-28-33(27)25-59(45(28)63)38-10-11-39(60)55-43(38)61/h4-9,21-22,26,38,41-42,56H,1-3,10-20,23-25H2,(H,54,64)(H,57,62)(H,55,60,61)/t38?,41-,42+,48?,49?,51+/m0/s1. The van der Waals surface area contributed by atoms with Crippen LogP contribution in [0.1, 0.15) is 128 Å². The van der Waals surface area contributed by atoms with E-state index in [1.165, 1.54) is 11.1 Å². The number of nitrogens with zero attached hydrogens (tertiary/aromatic N) is 2. The summed E-state index contributed by atoms with van der Waals surface area (Å²) in [5, 5.41) is 14.2. The number of carbonyl (C=O) groups is 6. The summed E-state index contributed by atoms with van der Waals surface area (Å²) in [6.45, 7) is 1.71. The molecule has 11 aliphatic rings. The van der Waals surface area contributed by atoms with Gasteiger partial charge in [0, 0.05) is 81.8 Å². The third kappa shape index (κ3) is 5.41. The fourth-order valence-electron chi connectivity index (χ4n) is 14.7. The maximum atomic E-state index is 15.2. The summed E-state index contributed by atoms with van der Waals surface area (Å²) in [7, 11) is 0. The number of fused-ring (bicyclic) bond motifs is 8. The van der Waals surface area contributed by atoms with Gasteiger partial charge in [-0.3, -0.25) is 39.4 Å². The number of rotatable bonds is 6. The Labute approximate surface area is 386 Å². The molecule has 1 unspecified atom stereocenters. The first kappa shape index (κ1) is 40.3. The fraction of sp³-hybridized carbons (Fsp3) is 0.490. The van der Waals surface area contributed by atoms with Crippen LogP contribution >= 0.6 is 23.2 Å². The minimum absolute atomic E-state index is 0.0825. The van der Waals surface area contributed by atoms with Crippen LogP contribution in [0.4, 0.5) is 5.69 Å². The van der Waals surface area contributed by atoms with Crippen LogP contribution in [0.5, 0.6) is 0 Å². The highest BCUT2D eigenvalue weighted by molar-refractivity contribution is 6.37. The van der Waals surface area contributed by atoms with Crippen LogP contribution in [0.15, 0.2) is 54.1 Å². The Hall–Kier alpha value is -5.04. The average Bonchev–Trinajstić information content (AvgIpc) is 3.84.